The first-order chi connectivity index (χ1) is 7.15. The summed E-state index contributed by atoms with van der Waals surface area (Å²) < 4.78 is 10.2. The number of hydrogen-bond acceptors (Lipinski definition) is 4. The second kappa shape index (κ2) is 8.64. The largest absolute Gasteiger partial charge is 0.356 e. The summed E-state index contributed by atoms with van der Waals surface area (Å²) in [7, 11) is 3.19. The van der Waals surface area contributed by atoms with Crippen LogP contribution >= 0.6 is 0 Å². The van der Waals surface area contributed by atoms with Crippen LogP contribution in [0.4, 0.5) is 0 Å². The van der Waals surface area contributed by atoms with Gasteiger partial charge in [0.25, 0.3) is 0 Å². The van der Waals surface area contributed by atoms with Gasteiger partial charge in [0.05, 0.1) is 6.04 Å². The summed E-state index contributed by atoms with van der Waals surface area (Å²) in [5.74, 6) is 0.0589. The van der Waals surface area contributed by atoms with Crippen LogP contribution in [0.3, 0.4) is 0 Å². The summed E-state index contributed by atoms with van der Waals surface area (Å²) in [5, 5.41) is 5.90. The molecule has 0 aliphatic carbocycles. The first-order valence-corrected chi connectivity index (χ1v) is 5.21. The Morgan fingerprint density at radius 1 is 1.33 bits per heavy atom. The molecule has 0 spiro atoms. The maximum Gasteiger partial charge on any atom is 0.221 e. The van der Waals surface area contributed by atoms with Crippen molar-refractivity contribution in [3.8, 4) is 0 Å². The normalized spacial score (nSPS) is 12.9. The van der Waals surface area contributed by atoms with Gasteiger partial charge in [0.1, 0.15) is 0 Å². The summed E-state index contributed by atoms with van der Waals surface area (Å²) in [5.41, 5.74) is 0. The van der Waals surface area contributed by atoms with Gasteiger partial charge in [-0.05, 0) is 13.8 Å². The van der Waals surface area contributed by atoms with Gasteiger partial charge in [0, 0.05) is 33.7 Å². The molecule has 0 rings (SSSR count). The second-order valence-corrected chi connectivity index (χ2v) is 3.29. The Morgan fingerprint density at radius 2 is 1.93 bits per heavy atom. The van der Waals surface area contributed by atoms with Crippen molar-refractivity contribution < 1.29 is 14.3 Å². The number of rotatable bonds is 8. The molecule has 0 saturated carbocycles. The van der Waals surface area contributed by atoms with E-state index in [-0.39, 0.29) is 18.2 Å². The topological polar surface area (TPSA) is 59.6 Å². The second-order valence-electron chi connectivity index (χ2n) is 3.29. The van der Waals surface area contributed by atoms with E-state index in [1.165, 1.54) is 0 Å². The van der Waals surface area contributed by atoms with Gasteiger partial charge in [0.15, 0.2) is 6.29 Å². The van der Waals surface area contributed by atoms with Crippen LogP contribution in [0.25, 0.3) is 0 Å². The molecule has 0 radical (unpaired) electrons. The van der Waals surface area contributed by atoms with Crippen LogP contribution < -0.4 is 10.6 Å². The zero-order valence-corrected chi connectivity index (χ0v) is 10.0. The number of carbonyl (C=O) groups excluding carboxylic acids is 1. The molecule has 0 saturated heterocycles. The average molecular weight is 218 g/mol. The quantitative estimate of drug-likeness (QED) is 0.568. The predicted molar refractivity (Wildman–Crippen MR) is 58.6 cm³/mol. The van der Waals surface area contributed by atoms with Crippen molar-refractivity contribution in [2.45, 2.75) is 32.6 Å². The predicted octanol–water partition coefficient (Wildman–Crippen LogP) is 0.110. The molecule has 0 aromatic rings. The standard InChI is InChI=1S/C10H22N2O3/c1-5-11-9(13)6-7-12-8(2)10(14-3)15-4/h8,10,12H,5-7H2,1-4H3,(H,11,13). The van der Waals surface area contributed by atoms with Crippen LogP contribution in [0.15, 0.2) is 0 Å². The molecule has 1 amide bonds. The highest BCUT2D eigenvalue weighted by Crippen LogP contribution is 1.98. The van der Waals surface area contributed by atoms with E-state index in [1.807, 2.05) is 13.8 Å². The highest BCUT2D eigenvalue weighted by atomic mass is 16.7. The van der Waals surface area contributed by atoms with Crippen LogP contribution in [-0.2, 0) is 14.3 Å². The molecule has 0 bridgehead atoms. The van der Waals surface area contributed by atoms with Gasteiger partial charge in [0.2, 0.25) is 5.91 Å². The van der Waals surface area contributed by atoms with Gasteiger partial charge < -0.3 is 20.1 Å². The molecule has 15 heavy (non-hydrogen) atoms. The molecule has 0 heterocycles. The number of carbonyl (C=O) groups is 1. The highest BCUT2D eigenvalue weighted by Gasteiger charge is 2.14. The molecule has 0 aliphatic heterocycles. The maximum absolute atomic E-state index is 11.1. The molecule has 2 N–H and O–H groups in total. The van der Waals surface area contributed by atoms with Crippen LogP contribution in [0, 0.1) is 0 Å². The lowest BCUT2D eigenvalue weighted by atomic mass is 10.3. The fraction of sp³-hybridized carbons (Fsp3) is 0.900. The fourth-order valence-electron chi connectivity index (χ4n) is 1.30. The van der Waals surface area contributed by atoms with Gasteiger partial charge in [-0.3, -0.25) is 4.79 Å². The minimum absolute atomic E-state index is 0.0589. The fourth-order valence-corrected chi connectivity index (χ4v) is 1.30. The monoisotopic (exact) mass is 218 g/mol. The Kier molecular flexibility index (Phi) is 8.27. The Balaban J connectivity index is 3.61. The number of ether oxygens (including phenoxy) is 2. The van der Waals surface area contributed by atoms with Crippen molar-refractivity contribution >= 4 is 5.91 Å². The summed E-state index contributed by atoms with van der Waals surface area (Å²) in [6.07, 6.45) is 0.192. The summed E-state index contributed by atoms with van der Waals surface area (Å²) >= 11 is 0. The van der Waals surface area contributed by atoms with Crippen LogP contribution in [0.2, 0.25) is 0 Å². The molecule has 5 nitrogen and oxygen atoms in total. The third-order valence-corrected chi connectivity index (χ3v) is 2.07. The van der Waals surface area contributed by atoms with E-state index in [0.717, 1.165) is 0 Å². The number of methoxy groups -OCH3 is 2. The van der Waals surface area contributed by atoms with E-state index >= 15 is 0 Å². The molecular formula is C10H22N2O3. The number of amides is 1. The zero-order valence-electron chi connectivity index (χ0n) is 10.0. The minimum Gasteiger partial charge on any atom is -0.356 e. The molecule has 0 aromatic heterocycles. The van der Waals surface area contributed by atoms with Crippen LogP contribution in [-0.4, -0.2) is 45.5 Å². The smallest absolute Gasteiger partial charge is 0.221 e. The molecular weight excluding hydrogens is 196 g/mol. The molecule has 1 unspecified atom stereocenters. The zero-order chi connectivity index (χ0) is 11.7. The molecule has 0 aliphatic rings. The summed E-state index contributed by atoms with van der Waals surface area (Å²) in [4.78, 5) is 11.1. The van der Waals surface area contributed by atoms with E-state index in [1.54, 1.807) is 14.2 Å². The van der Waals surface area contributed by atoms with E-state index in [0.29, 0.717) is 19.5 Å². The number of hydrogen-bond donors (Lipinski definition) is 2. The van der Waals surface area contributed by atoms with Crippen molar-refractivity contribution in [1.82, 2.24) is 10.6 Å². The lowest BCUT2D eigenvalue weighted by Crippen LogP contribution is -2.41. The minimum atomic E-state index is -0.278. The van der Waals surface area contributed by atoms with Crippen molar-refractivity contribution in [2.75, 3.05) is 27.3 Å². The third kappa shape index (κ3) is 6.43. The van der Waals surface area contributed by atoms with Crippen LogP contribution in [0.5, 0.6) is 0 Å². The summed E-state index contributed by atoms with van der Waals surface area (Å²) in [6, 6.07) is 0.0643. The molecule has 1 atom stereocenters. The van der Waals surface area contributed by atoms with E-state index in [2.05, 4.69) is 10.6 Å². The number of nitrogens with one attached hydrogen (secondary N) is 2. The Morgan fingerprint density at radius 3 is 2.40 bits per heavy atom. The molecule has 0 aromatic carbocycles. The van der Waals surface area contributed by atoms with Crippen molar-refractivity contribution in [3.63, 3.8) is 0 Å². The van der Waals surface area contributed by atoms with Gasteiger partial charge >= 0.3 is 0 Å². The van der Waals surface area contributed by atoms with Crippen molar-refractivity contribution in [1.29, 1.82) is 0 Å². The van der Waals surface area contributed by atoms with Crippen molar-refractivity contribution in [2.24, 2.45) is 0 Å². The molecule has 90 valence electrons. The van der Waals surface area contributed by atoms with Crippen molar-refractivity contribution in [3.05, 3.63) is 0 Å². The van der Waals surface area contributed by atoms with Crippen LogP contribution in [0.1, 0.15) is 20.3 Å². The van der Waals surface area contributed by atoms with E-state index in [9.17, 15) is 4.79 Å². The Bertz CT molecular complexity index is 172. The first-order valence-electron chi connectivity index (χ1n) is 5.21. The Hall–Kier alpha value is -0.650. The lowest BCUT2D eigenvalue weighted by molar-refractivity contribution is -0.123. The lowest BCUT2D eigenvalue weighted by Gasteiger charge is -2.21. The van der Waals surface area contributed by atoms with Gasteiger partial charge in [-0.15, -0.1) is 0 Å². The highest BCUT2D eigenvalue weighted by molar-refractivity contribution is 5.75. The Labute approximate surface area is 91.5 Å². The summed E-state index contributed by atoms with van der Waals surface area (Å²) in [6.45, 7) is 5.15. The third-order valence-electron chi connectivity index (χ3n) is 2.07. The first kappa shape index (κ1) is 14.3. The van der Waals surface area contributed by atoms with Gasteiger partial charge in [-0.2, -0.15) is 0 Å². The maximum atomic E-state index is 11.1. The van der Waals surface area contributed by atoms with Gasteiger partial charge in [-0.25, -0.2) is 0 Å². The van der Waals surface area contributed by atoms with Gasteiger partial charge in [-0.1, -0.05) is 0 Å². The molecule has 5 heteroatoms. The average Bonchev–Trinajstić information content (AvgIpc) is 2.20. The van der Waals surface area contributed by atoms with E-state index < -0.39 is 0 Å². The molecule has 0 fully saturated rings. The SMILES string of the molecule is CCNC(=O)CCNC(C)C(OC)OC. The van der Waals surface area contributed by atoms with E-state index in [4.69, 9.17) is 9.47 Å².